The van der Waals surface area contributed by atoms with Crippen LogP contribution in [-0.4, -0.2) is 34.1 Å². The monoisotopic (exact) mass is 403 g/mol. The zero-order valence-electron chi connectivity index (χ0n) is 16.2. The van der Waals surface area contributed by atoms with E-state index in [2.05, 4.69) is 5.10 Å². The summed E-state index contributed by atoms with van der Waals surface area (Å²) < 4.78 is 34.2. The molecule has 0 saturated heterocycles. The van der Waals surface area contributed by atoms with E-state index in [0.29, 0.717) is 18.5 Å². The second-order valence-electron chi connectivity index (χ2n) is 7.35. The number of aliphatic hydroxyl groups is 1. The van der Waals surface area contributed by atoms with Crippen LogP contribution < -0.4 is 5.73 Å². The van der Waals surface area contributed by atoms with E-state index in [9.17, 15) is 18.7 Å². The van der Waals surface area contributed by atoms with Crippen molar-refractivity contribution in [2.75, 3.05) is 6.54 Å². The van der Waals surface area contributed by atoms with E-state index in [1.807, 2.05) is 0 Å². The van der Waals surface area contributed by atoms with Crippen molar-refractivity contribution >= 4 is 11.8 Å². The second-order valence-corrected chi connectivity index (χ2v) is 7.35. The minimum absolute atomic E-state index is 0.218. The summed E-state index contributed by atoms with van der Waals surface area (Å²) >= 11 is 0. The van der Waals surface area contributed by atoms with Gasteiger partial charge in [-0.1, -0.05) is 30.3 Å². The van der Waals surface area contributed by atoms with Gasteiger partial charge < -0.3 is 15.6 Å². The molecule has 3 N–H and O–H groups in total. The molecule has 0 fully saturated rings. The fourth-order valence-corrected chi connectivity index (χ4v) is 3.16. The Bertz CT molecular complexity index is 929. The number of hydrogen-bond donors (Lipinski definition) is 2. The van der Waals surface area contributed by atoms with Gasteiger partial charge in [-0.3, -0.25) is 4.79 Å². The van der Waals surface area contributed by atoms with Gasteiger partial charge in [0, 0.05) is 12.0 Å². The van der Waals surface area contributed by atoms with Crippen molar-refractivity contribution in [1.82, 2.24) is 5.01 Å². The van der Waals surface area contributed by atoms with Crippen LogP contribution in [0.1, 0.15) is 37.8 Å². The highest BCUT2D eigenvalue weighted by molar-refractivity contribution is 5.98. The Morgan fingerprint density at radius 2 is 1.93 bits per heavy atom. The zero-order valence-corrected chi connectivity index (χ0v) is 16.2. The summed E-state index contributed by atoms with van der Waals surface area (Å²) in [5, 5.41) is 15.5. The Morgan fingerprint density at radius 3 is 2.55 bits per heavy atom. The topological polar surface area (TPSA) is 88.1 Å². The maximum absolute atomic E-state index is 14.4. The molecule has 8 heteroatoms. The number of amides is 1. The molecule has 2 aromatic carbocycles. The van der Waals surface area contributed by atoms with Gasteiger partial charge in [0.2, 0.25) is 11.6 Å². The molecule has 0 aliphatic carbocycles. The Labute approximate surface area is 167 Å². The van der Waals surface area contributed by atoms with Crippen LogP contribution in [0.4, 0.5) is 8.78 Å². The first-order valence-corrected chi connectivity index (χ1v) is 9.25. The zero-order chi connectivity index (χ0) is 21.2. The molecule has 0 radical (unpaired) electrons. The van der Waals surface area contributed by atoms with Crippen molar-refractivity contribution in [3.8, 4) is 0 Å². The highest BCUT2D eigenvalue weighted by atomic mass is 19.1. The minimum Gasteiger partial charge on any atom is -0.443 e. The molecule has 0 aromatic heterocycles. The Morgan fingerprint density at radius 1 is 1.24 bits per heavy atom. The number of hydrazone groups is 1. The van der Waals surface area contributed by atoms with Crippen LogP contribution >= 0.6 is 0 Å². The summed E-state index contributed by atoms with van der Waals surface area (Å²) in [4.78, 5) is 13.0. The number of hydrogen-bond acceptors (Lipinski definition) is 5. The van der Waals surface area contributed by atoms with Crippen molar-refractivity contribution in [1.29, 1.82) is 0 Å². The first-order valence-electron chi connectivity index (χ1n) is 9.25. The number of rotatable bonds is 6. The van der Waals surface area contributed by atoms with Crippen LogP contribution in [0.5, 0.6) is 0 Å². The van der Waals surface area contributed by atoms with Gasteiger partial charge in [-0.25, -0.2) is 8.78 Å². The van der Waals surface area contributed by atoms with Gasteiger partial charge in [-0.15, -0.1) is 5.10 Å². The molecular formula is C21H23F2N3O3. The molecule has 1 atom stereocenters. The predicted molar refractivity (Wildman–Crippen MR) is 104 cm³/mol. The van der Waals surface area contributed by atoms with E-state index < -0.39 is 28.9 Å². The Kier molecular flexibility index (Phi) is 5.68. The lowest BCUT2D eigenvalue weighted by Crippen LogP contribution is -2.52. The maximum Gasteiger partial charge on any atom is 0.277 e. The molecule has 6 nitrogen and oxygen atoms in total. The second kappa shape index (κ2) is 7.88. The quantitative estimate of drug-likeness (QED) is 0.776. The van der Waals surface area contributed by atoms with E-state index in [0.717, 1.165) is 23.2 Å². The number of nitrogens with two attached hydrogens (primary N) is 1. The number of halogens is 2. The van der Waals surface area contributed by atoms with Crippen LogP contribution in [0.3, 0.4) is 0 Å². The van der Waals surface area contributed by atoms with Crippen LogP contribution in [0.15, 0.2) is 53.6 Å². The number of carbonyl (C=O) groups is 1. The lowest BCUT2D eigenvalue weighted by molar-refractivity contribution is -0.169. The first-order chi connectivity index (χ1) is 13.7. The largest absolute Gasteiger partial charge is 0.443 e. The molecule has 1 aliphatic rings. The lowest BCUT2D eigenvalue weighted by Gasteiger charge is -2.37. The number of ether oxygens (including phenoxy) is 1. The van der Waals surface area contributed by atoms with Gasteiger partial charge in [0.15, 0.2) is 0 Å². The van der Waals surface area contributed by atoms with Crippen molar-refractivity contribution in [3.05, 3.63) is 71.3 Å². The van der Waals surface area contributed by atoms with Crippen molar-refractivity contribution in [3.63, 3.8) is 0 Å². The van der Waals surface area contributed by atoms with E-state index >= 15 is 0 Å². The fourth-order valence-electron chi connectivity index (χ4n) is 3.16. The number of nitrogens with zero attached hydrogens (tertiary/aromatic N) is 2. The molecule has 1 unspecified atom stereocenters. The van der Waals surface area contributed by atoms with Crippen LogP contribution in [-0.2, 0) is 15.3 Å². The third kappa shape index (κ3) is 3.99. The third-order valence-electron chi connectivity index (χ3n) is 4.62. The van der Waals surface area contributed by atoms with Gasteiger partial charge in [-0.05, 0) is 45.0 Å². The summed E-state index contributed by atoms with van der Waals surface area (Å²) in [7, 11) is 0. The SMILES string of the molecule is CC(C)(O)C(=O)N1N=C(c2cc(F)ccc2F)OC1(CCCN)c1ccccc1. The standard InChI is InChI=1S/C21H23F2N3O3/c1-20(2,28)19(27)26-21(11-6-12-24,14-7-4-3-5-8-14)29-18(25-26)16-13-15(22)9-10-17(16)23/h3-5,7-10,13,28H,6,11-12,24H2,1-2H3. The van der Waals surface area contributed by atoms with Crippen LogP contribution in [0.2, 0.25) is 0 Å². The minimum atomic E-state index is -1.77. The molecule has 0 saturated carbocycles. The molecule has 0 bridgehead atoms. The smallest absolute Gasteiger partial charge is 0.277 e. The average Bonchev–Trinajstić information content (AvgIpc) is 3.08. The molecule has 0 spiro atoms. The Balaban J connectivity index is 2.18. The molecule has 154 valence electrons. The van der Waals surface area contributed by atoms with Crippen molar-refractivity contribution < 1.29 is 23.4 Å². The van der Waals surface area contributed by atoms with Gasteiger partial charge in [0.25, 0.3) is 5.91 Å². The number of benzene rings is 2. The lowest BCUT2D eigenvalue weighted by atomic mass is 9.95. The van der Waals surface area contributed by atoms with Crippen LogP contribution in [0.25, 0.3) is 0 Å². The fraction of sp³-hybridized carbons (Fsp3) is 0.333. The van der Waals surface area contributed by atoms with Crippen molar-refractivity contribution in [2.45, 2.75) is 38.0 Å². The molecule has 3 rings (SSSR count). The molecule has 29 heavy (non-hydrogen) atoms. The summed E-state index contributed by atoms with van der Waals surface area (Å²) in [5.41, 5.74) is 2.81. The third-order valence-corrected chi connectivity index (χ3v) is 4.62. The average molecular weight is 403 g/mol. The summed E-state index contributed by atoms with van der Waals surface area (Å²) in [5.74, 6) is -2.42. The van der Waals surface area contributed by atoms with Gasteiger partial charge in [0.1, 0.15) is 17.2 Å². The predicted octanol–water partition coefficient (Wildman–Crippen LogP) is 2.85. The van der Waals surface area contributed by atoms with E-state index in [4.69, 9.17) is 10.5 Å². The van der Waals surface area contributed by atoms with Crippen LogP contribution in [0, 0.1) is 11.6 Å². The maximum atomic E-state index is 14.4. The molecule has 1 amide bonds. The van der Waals surface area contributed by atoms with Gasteiger partial charge >= 0.3 is 0 Å². The molecule has 1 heterocycles. The Hall–Kier alpha value is -2.84. The summed E-state index contributed by atoms with van der Waals surface area (Å²) in [6, 6.07) is 11.7. The van der Waals surface area contributed by atoms with E-state index in [1.54, 1.807) is 30.3 Å². The van der Waals surface area contributed by atoms with Crippen molar-refractivity contribution in [2.24, 2.45) is 10.8 Å². The van der Waals surface area contributed by atoms with E-state index in [1.165, 1.54) is 13.8 Å². The summed E-state index contributed by atoms with van der Waals surface area (Å²) in [6.45, 7) is 2.96. The highest BCUT2D eigenvalue weighted by Crippen LogP contribution is 2.42. The molecular weight excluding hydrogens is 380 g/mol. The normalized spacial score (nSPS) is 19.1. The first kappa shape index (κ1) is 20.9. The van der Waals surface area contributed by atoms with Gasteiger partial charge in [0.05, 0.1) is 5.56 Å². The van der Waals surface area contributed by atoms with E-state index in [-0.39, 0.29) is 17.9 Å². The molecule has 1 aliphatic heterocycles. The number of carbonyl (C=O) groups excluding carboxylic acids is 1. The summed E-state index contributed by atoms with van der Waals surface area (Å²) in [6.07, 6.45) is 0.693. The highest BCUT2D eigenvalue weighted by Gasteiger charge is 2.52. The molecule has 2 aromatic rings. The van der Waals surface area contributed by atoms with Gasteiger partial charge in [-0.2, -0.15) is 5.01 Å².